The number of nitro benzene ring substituents is 1. The largest absolute Gasteiger partial charge is 0.455 e. The van der Waals surface area contributed by atoms with Crippen molar-refractivity contribution in [3.05, 3.63) is 57.9 Å². The van der Waals surface area contributed by atoms with Gasteiger partial charge in [0.15, 0.2) is 0 Å². The number of non-ortho nitro benzene ring substituents is 1. The summed E-state index contributed by atoms with van der Waals surface area (Å²) >= 11 is 0. The molecule has 0 saturated carbocycles. The van der Waals surface area contributed by atoms with E-state index in [1.54, 1.807) is 18.3 Å². The quantitative estimate of drug-likeness (QED) is 0.674. The maximum absolute atomic E-state index is 10.8. The molecule has 0 fully saturated rings. The fourth-order valence-electron chi connectivity index (χ4n) is 1.80. The molecule has 6 nitrogen and oxygen atoms in total. The minimum Gasteiger partial charge on any atom is -0.455 e. The molecule has 0 aliphatic heterocycles. The molecule has 110 valence electrons. The number of ether oxygens (including phenoxy) is 1. The second-order valence-corrected chi connectivity index (χ2v) is 4.74. The van der Waals surface area contributed by atoms with E-state index in [2.05, 4.69) is 10.3 Å². The number of aryl methyl sites for hydroxylation is 1. The number of nitrogens with zero attached hydrogens (tertiary/aromatic N) is 2. The van der Waals surface area contributed by atoms with Gasteiger partial charge in [-0.1, -0.05) is 0 Å². The Bertz CT molecular complexity index is 641. The highest BCUT2D eigenvalue weighted by Crippen LogP contribution is 2.28. The van der Waals surface area contributed by atoms with Crippen LogP contribution in [0, 0.1) is 17.0 Å². The number of aromatic nitrogens is 1. The molecule has 6 heteroatoms. The van der Waals surface area contributed by atoms with Gasteiger partial charge in [0.1, 0.15) is 11.5 Å². The third-order valence-electron chi connectivity index (χ3n) is 3.25. The first-order valence-corrected chi connectivity index (χ1v) is 6.57. The monoisotopic (exact) mass is 287 g/mol. The lowest BCUT2D eigenvalue weighted by molar-refractivity contribution is -0.384. The first-order valence-electron chi connectivity index (χ1n) is 6.57. The molecule has 1 heterocycles. The molecule has 0 saturated heterocycles. The highest BCUT2D eigenvalue weighted by atomic mass is 16.6. The van der Waals surface area contributed by atoms with Crippen LogP contribution in [0.5, 0.6) is 11.5 Å². The Kier molecular flexibility index (Phi) is 4.49. The summed E-state index contributed by atoms with van der Waals surface area (Å²) in [7, 11) is 1.86. The van der Waals surface area contributed by atoms with Crippen LogP contribution in [0.1, 0.15) is 24.2 Å². The van der Waals surface area contributed by atoms with E-state index in [-0.39, 0.29) is 11.7 Å². The zero-order valence-corrected chi connectivity index (χ0v) is 12.2. The SMILES string of the molecule is CNC(C)c1ccc(Oc2cc([N+](=O)[O-])ccc2C)cn1. The van der Waals surface area contributed by atoms with Crippen LogP contribution in [0.15, 0.2) is 36.5 Å². The summed E-state index contributed by atoms with van der Waals surface area (Å²) in [5, 5.41) is 13.9. The Morgan fingerprint density at radius 1 is 1.33 bits per heavy atom. The molecule has 1 aromatic carbocycles. The standard InChI is InChI=1S/C15H17N3O3/c1-10-4-5-12(18(19)20)8-15(10)21-13-6-7-14(17-9-13)11(2)16-3/h4-9,11,16H,1-3H3. The first-order chi connectivity index (χ1) is 10.0. The molecule has 0 bridgehead atoms. The average Bonchev–Trinajstić information content (AvgIpc) is 2.49. The summed E-state index contributed by atoms with van der Waals surface area (Å²) in [6.07, 6.45) is 1.61. The molecule has 2 rings (SSSR count). The van der Waals surface area contributed by atoms with Crippen molar-refractivity contribution in [1.82, 2.24) is 10.3 Å². The maximum atomic E-state index is 10.8. The van der Waals surface area contributed by atoms with Gasteiger partial charge in [-0.05, 0) is 44.7 Å². The molecule has 0 aliphatic carbocycles. The highest BCUT2D eigenvalue weighted by Gasteiger charge is 2.11. The van der Waals surface area contributed by atoms with Crippen molar-refractivity contribution < 1.29 is 9.66 Å². The third-order valence-corrected chi connectivity index (χ3v) is 3.25. The minimum atomic E-state index is -0.442. The number of pyridine rings is 1. The fraction of sp³-hybridized carbons (Fsp3) is 0.267. The Labute approximate surface area is 122 Å². The molecular formula is C15H17N3O3. The van der Waals surface area contributed by atoms with Gasteiger partial charge in [-0.2, -0.15) is 0 Å². The summed E-state index contributed by atoms with van der Waals surface area (Å²) in [6, 6.07) is 8.35. The maximum Gasteiger partial charge on any atom is 0.273 e. The summed E-state index contributed by atoms with van der Waals surface area (Å²) in [4.78, 5) is 14.7. The van der Waals surface area contributed by atoms with Gasteiger partial charge in [0.05, 0.1) is 22.9 Å². The van der Waals surface area contributed by atoms with Crippen LogP contribution in [-0.2, 0) is 0 Å². The summed E-state index contributed by atoms with van der Waals surface area (Å²) in [6.45, 7) is 3.84. The molecule has 2 aromatic rings. The normalized spacial score (nSPS) is 12.0. The number of hydrogen-bond acceptors (Lipinski definition) is 5. The second kappa shape index (κ2) is 6.32. The van der Waals surface area contributed by atoms with Crippen LogP contribution in [0.25, 0.3) is 0 Å². The van der Waals surface area contributed by atoms with Crippen molar-refractivity contribution in [2.45, 2.75) is 19.9 Å². The Balaban J connectivity index is 2.22. The van der Waals surface area contributed by atoms with Crippen molar-refractivity contribution in [2.24, 2.45) is 0 Å². The summed E-state index contributed by atoms with van der Waals surface area (Å²) in [5.74, 6) is 1.01. The van der Waals surface area contributed by atoms with E-state index >= 15 is 0 Å². The number of benzene rings is 1. The van der Waals surface area contributed by atoms with E-state index in [0.717, 1.165) is 11.3 Å². The molecule has 1 N–H and O–H groups in total. The van der Waals surface area contributed by atoms with Crippen LogP contribution >= 0.6 is 0 Å². The predicted octanol–water partition coefficient (Wildman–Crippen LogP) is 3.37. The number of nitrogens with one attached hydrogen (secondary N) is 1. The van der Waals surface area contributed by atoms with Gasteiger partial charge in [0, 0.05) is 12.1 Å². The molecule has 0 spiro atoms. The lowest BCUT2D eigenvalue weighted by Gasteiger charge is -2.11. The molecular weight excluding hydrogens is 270 g/mol. The second-order valence-electron chi connectivity index (χ2n) is 4.74. The Morgan fingerprint density at radius 2 is 2.10 bits per heavy atom. The lowest BCUT2D eigenvalue weighted by atomic mass is 10.2. The van der Waals surface area contributed by atoms with Crippen LogP contribution in [0.4, 0.5) is 5.69 Å². The van der Waals surface area contributed by atoms with Crippen molar-refractivity contribution in [2.75, 3.05) is 7.05 Å². The number of hydrogen-bond donors (Lipinski definition) is 1. The topological polar surface area (TPSA) is 77.3 Å². The van der Waals surface area contributed by atoms with Crippen molar-refractivity contribution in [3.63, 3.8) is 0 Å². The fourth-order valence-corrected chi connectivity index (χ4v) is 1.80. The van der Waals surface area contributed by atoms with Crippen molar-refractivity contribution in [1.29, 1.82) is 0 Å². The van der Waals surface area contributed by atoms with Gasteiger partial charge in [-0.25, -0.2) is 0 Å². The summed E-state index contributed by atoms with van der Waals surface area (Å²) in [5.41, 5.74) is 1.73. The average molecular weight is 287 g/mol. The molecule has 1 atom stereocenters. The lowest BCUT2D eigenvalue weighted by Crippen LogP contribution is -2.13. The van der Waals surface area contributed by atoms with Crippen molar-refractivity contribution in [3.8, 4) is 11.5 Å². The zero-order valence-electron chi connectivity index (χ0n) is 12.2. The van der Waals surface area contributed by atoms with E-state index in [4.69, 9.17) is 4.74 Å². The predicted molar refractivity (Wildman–Crippen MR) is 79.6 cm³/mol. The molecule has 0 amide bonds. The van der Waals surface area contributed by atoms with Crippen LogP contribution in [0.2, 0.25) is 0 Å². The van der Waals surface area contributed by atoms with Crippen LogP contribution < -0.4 is 10.1 Å². The molecule has 0 radical (unpaired) electrons. The van der Waals surface area contributed by atoms with Crippen LogP contribution in [-0.4, -0.2) is 17.0 Å². The van der Waals surface area contributed by atoms with Gasteiger partial charge >= 0.3 is 0 Å². The van der Waals surface area contributed by atoms with Gasteiger partial charge in [-0.3, -0.25) is 15.1 Å². The van der Waals surface area contributed by atoms with Gasteiger partial charge in [0.25, 0.3) is 5.69 Å². The van der Waals surface area contributed by atoms with E-state index in [0.29, 0.717) is 11.5 Å². The number of rotatable bonds is 5. The molecule has 0 aliphatic rings. The van der Waals surface area contributed by atoms with Gasteiger partial charge in [-0.15, -0.1) is 0 Å². The third kappa shape index (κ3) is 3.55. The van der Waals surface area contributed by atoms with Crippen LogP contribution in [0.3, 0.4) is 0 Å². The zero-order chi connectivity index (χ0) is 15.4. The Morgan fingerprint density at radius 3 is 2.67 bits per heavy atom. The molecule has 21 heavy (non-hydrogen) atoms. The van der Waals surface area contributed by atoms with E-state index < -0.39 is 4.92 Å². The van der Waals surface area contributed by atoms with Gasteiger partial charge in [0.2, 0.25) is 0 Å². The van der Waals surface area contributed by atoms with Crippen molar-refractivity contribution >= 4 is 5.69 Å². The summed E-state index contributed by atoms with van der Waals surface area (Å²) < 4.78 is 5.68. The Hall–Kier alpha value is -2.47. The molecule has 1 unspecified atom stereocenters. The van der Waals surface area contributed by atoms with E-state index in [9.17, 15) is 10.1 Å². The number of nitro groups is 1. The minimum absolute atomic E-state index is 0.00369. The van der Waals surface area contributed by atoms with Gasteiger partial charge < -0.3 is 10.1 Å². The molecule has 1 aromatic heterocycles. The highest BCUT2D eigenvalue weighted by molar-refractivity contribution is 5.45. The smallest absolute Gasteiger partial charge is 0.273 e. The van der Waals surface area contributed by atoms with E-state index in [1.807, 2.05) is 27.0 Å². The van der Waals surface area contributed by atoms with E-state index in [1.165, 1.54) is 12.1 Å². The first kappa shape index (κ1) is 14.9.